The Morgan fingerprint density at radius 2 is 1.59 bits per heavy atom. The lowest BCUT2D eigenvalue weighted by Gasteiger charge is -2.06. The van der Waals surface area contributed by atoms with Crippen LogP contribution in [0.25, 0.3) is 0 Å². The third-order valence-corrected chi connectivity index (χ3v) is 4.97. The third kappa shape index (κ3) is 2.05. The first kappa shape index (κ1) is 12.0. The van der Waals surface area contributed by atoms with Gasteiger partial charge in [0, 0.05) is 6.42 Å². The molecular formula is C13H14O3S. The molecule has 3 nitrogen and oxygen atoms in total. The van der Waals surface area contributed by atoms with Crippen molar-refractivity contribution < 1.29 is 13.2 Å². The minimum Gasteiger partial charge on any atom is -0.293 e. The van der Waals surface area contributed by atoms with Crippen LogP contribution in [0.4, 0.5) is 0 Å². The highest BCUT2D eigenvalue weighted by atomic mass is 32.2. The molecule has 0 aromatic heterocycles. The van der Waals surface area contributed by atoms with Gasteiger partial charge in [-0.1, -0.05) is 23.3 Å². The lowest BCUT2D eigenvalue weighted by molar-refractivity contribution is -0.114. The van der Waals surface area contributed by atoms with E-state index in [1.165, 1.54) is 0 Å². The molecule has 0 bridgehead atoms. The van der Waals surface area contributed by atoms with E-state index in [9.17, 15) is 13.2 Å². The van der Waals surface area contributed by atoms with Crippen LogP contribution in [0, 0.1) is 6.92 Å². The molecule has 0 radical (unpaired) electrons. The van der Waals surface area contributed by atoms with Gasteiger partial charge in [0.2, 0.25) is 9.84 Å². The summed E-state index contributed by atoms with van der Waals surface area (Å²) in [4.78, 5) is 11.8. The first-order chi connectivity index (χ1) is 7.93. The molecule has 0 saturated heterocycles. The number of ketones is 1. The number of sulfone groups is 1. The number of carbonyl (C=O) groups excluding carboxylic acids is 1. The van der Waals surface area contributed by atoms with Gasteiger partial charge in [-0.25, -0.2) is 8.42 Å². The number of allylic oxidation sites excluding steroid dienone is 2. The van der Waals surface area contributed by atoms with Gasteiger partial charge in [0.25, 0.3) is 0 Å². The minimum atomic E-state index is -3.62. The number of carbonyl (C=O) groups is 1. The summed E-state index contributed by atoms with van der Waals surface area (Å²) in [5.41, 5.74) is 1.67. The van der Waals surface area contributed by atoms with Crippen molar-refractivity contribution in [3.05, 3.63) is 40.3 Å². The summed E-state index contributed by atoms with van der Waals surface area (Å²) in [5, 5.41) is 0. The van der Waals surface area contributed by atoms with E-state index >= 15 is 0 Å². The summed E-state index contributed by atoms with van der Waals surface area (Å²) in [5.74, 6) is -0.261. The van der Waals surface area contributed by atoms with Crippen molar-refractivity contribution >= 4 is 15.6 Å². The molecular weight excluding hydrogens is 236 g/mol. The SMILES string of the molecule is CC1=C(S(=O)(=O)c2ccc(C)cc2)C(=O)CC1. The average Bonchev–Trinajstić information content (AvgIpc) is 2.59. The van der Waals surface area contributed by atoms with Crippen molar-refractivity contribution in [3.8, 4) is 0 Å². The molecule has 0 spiro atoms. The summed E-state index contributed by atoms with van der Waals surface area (Å²) >= 11 is 0. The van der Waals surface area contributed by atoms with Crippen molar-refractivity contribution in [1.29, 1.82) is 0 Å². The predicted octanol–water partition coefficient (Wildman–Crippen LogP) is 2.41. The van der Waals surface area contributed by atoms with E-state index in [-0.39, 0.29) is 15.6 Å². The summed E-state index contributed by atoms with van der Waals surface area (Å²) in [6, 6.07) is 6.58. The Labute approximate surface area is 101 Å². The molecule has 0 unspecified atom stereocenters. The van der Waals surface area contributed by atoms with Crippen LogP contribution in [0.3, 0.4) is 0 Å². The van der Waals surface area contributed by atoms with E-state index in [2.05, 4.69) is 0 Å². The van der Waals surface area contributed by atoms with Crippen molar-refractivity contribution in [1.82, 2.24) is 0 Å². The molecule has 0 fully saturated rings. The fourth-order valence-corrected chi connectivity index (χ4v) is 3.67. The van der Waals surface area contributed by atoms with E-state index in [0.29, 0.717) is 18.4 Å². The zero-order chi connectivity index (χ0) is 12.6. The van der Waals surface area contributed by atoms with E-state index in [0.717, 1.165) is 5.56 Å². The Bertz CT molecular complexity index is 592. The fourth-order valence-electron chi connectivity index (χ4n) is 1.98. The first-order valence-corrected chi connectivity index (χ1v) is 6.96. The molecule has 1 aliphatic rings. The van der Waals surface area contributed by atoms with Crippen molar-refractivity contribution in [2.24, 2.45) is 0 Å². The van der Waals surface area contributed by atoms with Crippen LogP contribution in [0.5, 0.6) is 0 Å². The van der Waals surface area contributed by atoms with E-state index in [1.54, 1.807) is 31.2 Å². The summed E-state index contributed by atoms with van der Waals surface area (Å²) in [6.45, 7) is 3.60. The lowest BCUT2D eigenvalue weighted by atomic mass is 10.2. The second-order valence-electron chi connectivity index (χ2n) is 4.35. The molecule has 0 heterocycles. The van der Waals surface area contributed by atoms with Gasteiger partial charge < -0.3 is 0 Å². The monoisotopic (exact) mass is 250 g/mol. The Morgan fingerprint density at radius 1 is 1.00 bits per heavy atom. The van der Waals surface area contributed by atoms with E-state index < -0.39 is 9.84 Å². The van der Waals surface area contributed by atoms with Gasteiger partial charge in [-0.2, -0.15) is 0 Å². The van der Waals surface area contributed by atoms with Crippen molar-refractivity contribution in [2.45, 2.75) is 31.6 Å². The Morgan fingerprint density at radius 3 is 2.06 bits per heavy atom. The van der Waals surface area contributed by atoms with Crippen LogP contribution in [0.2, 0.25) is 0 Å². The number of rotatable bonds is 2. The number of hydrogen-bond donors (Lipinski definition) is 0. The molecule has 0 saturated carbocycles. The molecule has 1 aromatic rings. The van der Waals surface area contributed by atoms with Gasteiger partial charge in [-0.15, -0.1) is 0 Å². The maximum Gasteiger partial charge on any atom is 0.210 e. The fraction of sp³-hybridized carbons (Fsp3) is 0.308. The van der Waals surface area contributed by atoms with Crippen LogP contribution in [-0.2, 0) is 14.6 Å². The predicted molar refractivity (Wildman–Crippen MR) is 65.3 cm³/mol. The number of benzene rings is 1. The zero-order valence-electron chi connectivity index (χ0n) is 9.86. The molecule has 1 aliphatic carbocycles. The van der Waals surface area contributed by atoms with Crippen LogP contribution in [0.15, 0.2) is 39.6 Å². The quantitative estimate of drug-likeness (QED) is 0.810. The van der Waals surface area contributed by atoms with Crippen LogP contribution in [0.1, 0.15) is 25.3 Å². The third-order valence-electron chi connectivity index (χ3n) is 2.97. The Hall–Kier alpha value is -1.42. The molecule has 0 N–H and O–H groups in total. The first-order valence-electron chi connectivity index (χ1n) is 5.47. The molecule has 2 rings (SSSR count). The number of Topliss-reactive ketones (excluding diaryl/α,β-unsaturated/α-hetero) is 1. The number of aryl methyl sites for hydroxylation is 1. The highest BCUT2D eigenvalue weighted by molar-refractivity contribution is 7.96. The second kappa shape index (κ2) is 4.11. The molecule has 4 heteroatoms. The maximum absolute atomic E-state index is 12.3. The summed E-state index contributed by atoms with van der Waals surface area (Å²) < 4.78 is 24.6. The highest BCUT2D eigenvalue weighted by Gasteiger charge is 2.32. The maximum atomic E-state index is 12.3. The smallest absolute Gasteiger partial charge is 0.210 e. The van der Waals surface area contributed by atoms with E-state index in [4.69, 9.17) is 0 Å². The van der Waals surface area contributed by atoms with Crippen molar-refractivity contribution in [2.75, 3.05) is 0 Å². The van der Waals surface area contributed by atoms with Gasteiger partial charge in [0.15, 0.2) is 5.78 Å². The standard InChI is InChI=1S/C13H14O3S/c1-9-3-6-11(7-4-9)17(15,16)13-10(2)5-8-12(13)14/h3-4,6-7H,5,8H2,1-2H3. The van der Waals surface area contributed by atoms with Gasteiger partial charge in [-0.3, -0.25) is 4.79 Å². The van der Waals surface area contributed by atoms with Gasteiger partial charge in [-0.05, 0) is 32.4 Å². The molecule has 0 atom stereocenters. The topological polar surface area (TPSA) is 51.2 Å². The van der Waals surface area contributed by atoms with Crippen LogP contribution in [-0.4, -0.2) is 14.2 Å². The average molecular weight is 250 g/mol. The Kier molecular flexibility index (Phi) is 2.91. The molecule has 0 aliphatic heterocycles. The molecule has 0 amide bonds. The van der Waals surface area contributed by atoms with E-state index in [1.807, 2.05) is 6.92 Å². The van der Waals surface area contributed by atoms with Gasteiger partial charge in [0.1, 0.15) is 4.91 Å². The van der Waals surface area contributed by atoms with Gasteiger partial charge >= 0.3 is 0 Å². The minimum absolute atomic E-state index is 0.00125. The summed E-state index contributed by atoms with van der Waals surface area (Å²) in [6.07, 6.45) is 0.867. The normalized spacial score (nSPS) is 16.7. The van der Waals surface area contributed by atoms with Crippen LogP contribution >= 0.6 is 0 Å². The molecule has 90 valence electrons. The van der Waals surface area contributed by atoms with Gasteiger partial charge in [0.05, 0.1) is 4.90 Å². The zero-order valence-corrected chi connectivity index (χ0v) is 10.7. The second-order valence-corrected chi connectivity index (χ2v) is 6.24. The largest absolute Gasteiger partial charge is 0.293 e. The molecule has 17 heavy (non-hydrogen) atoms. The van der Waals surface area contributed by atoms with Crippen molar-refractivity contribution in [3.63, 3.8) is 0 Å². The molecule has 1 aromatic carbocycles. The van der Waals surface area contributed by atoms with Crippen LogP contribution < -0.4 is 0 Å². The summed E-state index contributed by atoms with van der Waals surface area (Å²) in [7, 11) is -3.62. The Balaban J connectivity index is 2.55. The highest BCUT2D eigenvalue weighted by Crippen LogP contribution is 2.31. The lowest BCUT2D eigenvalue weighted by Crippen LogP contribution is -2.11. The number of hydrogen-bond acceptors (Lipinski definition) is 3.